The maximum absolute atomic E-state index is 12.1. The minimum absolute atomic E-state index is 0.209. The van der Waals surface area contributed by atoms with Gasteiger partial charge in [-0.2, -0.15) is 0 Å². The summed E-state index contributed by atoms with van der Waals surface area (Å²) in [4.78, 5) is 16.3. The second-order valence-electron chi connectivity index (χ2n) is 5.33. The predicted octanol–water partition coefficient (Wildman–Crippen LogP) is 4.48. The number of para-hydroxylation sites is 1. The summed E-state index contributed by atoms with van der Waals surface area (Å²) in [6.07, 6.45) is 5.05. The van der Waals surface area contributed by atoms with Gasteiger partial charge < -0.3 is 14.2 Å². The number of benzene rings is 2. The average Bonchev–Trinajstić information content (AvgIpc) is 3.00. The lowest BCUT2D eigenvalue weighted by Gasteiger charge is -2.04. The number of carbonyl (C=O) groups is 1. The SMILES string of the molecule is COc1ccc(Br)cc1/C=C1N=C(/C=C/c2ccccc2OC)OC\1=O. The molecule has 0 N–H and O–H groups in total. The maximum Gasteiger partial charge on any atom is 0.363 e. The molecule has 2 aromatic rings. The number of ether oxygens (including phenoxy) is 3. The Hall–Kier alpha value is -2.86. The Morgan fingerprint density at radius 3 is 2.50 bits per heavy atom. The molecule has 0 aliphatic carbocycles. The number of aliphatic imine (C=N–C) groups is 1. The highest BCUT2D eigenvalue weighted by molar-refractivity contribution is 9.10. The van der Waals surface area contributed by atoms with Crippen molar-refractivity contribution in [2.75, 3.05) is 14.2 Å². The van der Waals surface area contributed by atoms with Crippen LogP contribution in [0.3, 0.4) is 0 Å². The van der Waals surface area contributed by atoms with Crippen molar-refractivity contribution in [3.8, 4) is 11.5 Å². The number of esters is 1. The van der Waals surface area contributed by atoms with Gasteiger partial charge in [0.1, 0.15) is 11.5 Å². The lowest BCUT2D eigenvalue weighted by atomic mass is 10.1. The van der Waals surface area contributed by atoms with Gasteiger partial charge in [0.2, 0.25) is 5.90 Å². The molecule has 132 valence electrons. The number of hydrogen-bond donors (Lipinski definition) is 0. The van der Waals surface area contributed by atoms with Crippen LogP contribution < -0.4 is 9.47 Å². The molecule has 5 nitrogen and oxygen atoms in total. The Bertz CT molecular complexity index is 931. The van der Waals surface area contributed by atoms with Crippen molar-refractivity contribution >= 4 is 39.9 Å². The van der Waals surface area contributed by atoms with Gasteiger partial charge in [-0.05, 0) is 36.4 Å². The second kappa shape index (κ2) is 8.01. The molecule has 0 saturated heterocycles. The molecule has 1 aliphatic heterocycles. The van der Waals surface area contributed by atoms with E-state index < -0.39 is 5.97 Å². The Morgan fingerprint density at radius 1 is 1.00 bits per heavy atom. The summed E-state index contributed by atoms with van der Waals surface area (Å²) in [5, 5.41) is 0. The van der Waals surface area contributed by atoms with Gasteiger partial charge in [-0.25, -0.2) is 9.79 Å². The van der Waals surface area contributed by atoms with E-state index >= 15 is 0 Å². The van der Waals surface area contributed by atoms with Crippen LogP contribution in [0, 0.1) is 0 Å². The second-order valence-corrected chi connectivity index (χ2v) is 6.25. The van der Waals surface area contributed by atoms with Crippen molar-refractivity contribution in [3.63, 3.8) is 0 Å². The van der Waals surface area contributed by atoms with Crippen LogP contribution in [0.5, 0.6) is 11.5 Å². The molecule has 0 amide bonds. The van der Waals surface area contributed by atoms with Gasteiger partial charge in [0.05, 0.1) is 14.2 Å². The standard InChI is InChI=1S/C20H16BrNO4/c1-24-17-6-4-3-5-13(17)7-10-19-22-16(20(23)26-19)12-14-11-15(21)8-9-18(14)25-2/h3-12H,1-2H3/b10-7+,16-12-. The highest BCUT2D eigenvalue weighted by atomic mass is 79.9. The van der Waals surface area contributed by atoms with Gasteiger partial charge in [-0.1, -0.05) is 34.1 Å². The maximum atomic E-state index is 12.1. The van der Waals surface area contributed by atoms with Crippen LogP contribution in [0.4, 0.5) is 0 Å². The van der Waals surface area contributed by atoms with E-state index in [9.17, 15) is 4.79 Å². The first kappa shape index (κ1) is 17.9. The third kappa shape index (κ3) is 4.03. The van der Waals surface area contributed by atoms with Crippen LogP contribution >= 0.6 is 15.9 Å². The Labute approximate surface area is 159 Å². The zero-order valence-corrected chi connectivity index (χ0v) is 15.8. The van der Waals surface area contributed by atoms with Crippen molar-refractivity contribution in [1.82, 2.24) is 0 Å². The van der Waals surface area contributed by atoms with Crippen molar-refractivity contribution in [3.05, 3.63) is 69.8 Å². The molecule has 0 unspecified atom stereocenters. The third-order valence-electron chi connectivity index (χ3n) is 3.67. The molecule has 0 radical (unpaired) electrons. The lowest BCUT2D eigenvalue weighted by molar-refractivity contribution is -0.129. The number of carbonyl (C=O) groups excluding carboxylic acids is 1. The Kier molecular flexibility index (Phi) is 5.53. The largest absolute Gasteiger partial charge is 0.496 e. The number of halogens is 1. The van der Waals surface area contributed by atoms with Crippen LogP contribution in [0.25, 0.3) is 12.2 Å². The van der Waals surface area contributed by atoms with Crippen LogP contribution in [-0.2, 0) is 9.53 Å². The molecule has 0 saturated carbocycles. The molecule has 0 aromatic heterocycles. The normalized spacial score (nSPS) is 15.3. The molecule has 0 fully saturated rings. The van der Waals surface area contributed by atoms with Crippen molar-refractivity contribution < 1.29 is 19.0 Å². The molecule has 0 bridgehead atoms. The highest BCUT2D eigenvalue weighted by Gasteiger charge is 2.21. The summed E-state index contributed by atoms with van der Waals surface area (Å²) in [5.41, 5.74) is 1.80. The van der Waals surface area contributed by atoms with E-state index in [1.165, 1.54) is 0 Å². The molecule has 1 aliphatic rings. The summed E-state index contributed by atoms with van der Waals surface area (Å²) < 4.78 is 16.7. The first-order valence-electron chi connectivity index (χ1n) is 7.78. The van der Waals surface area contributed by atoms with Crippen molar-refractivity contribution in [1.29, 1.82) is 0 Å². The van der Waals surface area contributed by atoms with E-state index in [2.05, 4.69) is 20.9 Å². The number of cyclic esters (lactones) is 1. The summed E-state index contributed by atoms with van der Waals surface area (Å²) in [6, 6.07) is 13.0. The average molecular weight is 414 g/mol. The zero-order chi connectivity index (χ0) is 18.5. The van der Waals surface area contributed by atoms with E-state index in [-0.39, 0.29) is 11.6 Å². The molecule has 2 aromatic carbocycles. The molecule has 0 atom stereocenters. The van der Waals surface area contributed by atoms with Crippen LogP contribution in [-0.4, -0.2) is 26.1 Å². The molecule has 26 heavy (non-hydrogen) atoms. The molecule has 3 rings (SSSR count). The Balaban J connectivity index is 1.88. The molecular weight excluding hydrogens is 398 g/mol. The van der Waals surface area contributed by atoms with Gasteiger partial charge in [0, 0.05) is 21.7 Å². The van der Waals surface area contributed by atoms with Gasteiger partial charge in [-0.3, -0.25) is 0 Å². The van der Waals surface area contributed by atoms with Crippen molar-refractivity contribution in [2.45, 2.75) is 0 Å². The fourth-order valence-corrected chi connectivity index (χ4v) is 2.81. The summed E-state index contributed by atoms with van der Waals surface area (Å²) in [5.74, 6) is 1.08. The predicted molar refractivity (Wildman–Crippen MR) is 104 cm³/mol. The van der Waals surface area contributed by atoms with Crippen molar-refractivity contribution in [2.24, 2.45) is 4.99 Å². The number of rotatable bonds is 5. The van der Waals surface area contributed by atoms with Crippen LogP contribution in [0.15, 0.2) is 63.7 Å². The number of hydrogen-bond acceptors (Lipinski definition) is 5. The van der Waals surface area contributed by atoms with Gasteiger partial charge >= 0.3 is 5.97 Å². The molecule has 1 heterocycles. The fraction of sp³-hybridized carbons (Fsp3) is 0.100. The summed E-state index contributed by atoms with van der Waals surface area (Å²) in [7, 11) is 3.18. The topological polar surface area (TPSA) is 57.1 Å². The van der Waals surface area contributed by atoms with E-state index in [1.54, 1.807) is 32.4 Å². The highest BCUT2D eigenvalue weighted by Crippen LogP contribution is 2.27. The first-order chi connectivity index (χ1) is 12.6. The van der Waals surface area contributed by atoms with E-state index in [4.69, 9.17) is 14.2 Å². The molecule has 0 spiro atoms. The lowest BCUT2D eigenvalue weighted by Crippen LogP contribution is -2.01. The van der Waals surface area contributed by atoms with E-state index in [0.717, 1.165) is 21.3 Å². The quantitative estimate of drug-likeness (QED) is 0.535. The summed E-state index contributed by atoms with van der Waals surface area (Å²) in [6.45, 7) is 0. The van der Waals surface area contributed by atoms with E-state index in [0.29, 0.717) is 5.75 Å². The summed E-state index contributed by atoms with van der Waals surface area (Å²) >= 11 is 3.41. The smallest absolute Gasteiger partial charge is 0.363 e. The zero-order valence-electron chi connectivity index (χ0n) is 14.2. The minimum atomic E-state index is -0.508. The van der Waals surface area contributed by atoms with E-state index in [1.807, 2.05) is 42.5 Å². The number of nitrogens with zero attached hydrogens (tertiary/aromatic N) is 1. The van der Waals surface area contributed by atoms with Gasteiger partial charge in [-0.15, -0.1) is 0 Å². The fourth-order valence-electron chi connectivity index (χ4n) is 2.43. The Morgan fingerprint density at radius 2 is 1.73 bits per heavy atom. The minimum Gasteiger partial charge on any atom is -0.496 e. The third-order valence-corrected chi connectivity index (χ3v) is 4.16. The first-order valence-corrected chi connectivity index (χ1v) is 8.57. The van der Waals surface area contributed by atoms with Gasteiger partial charge in [0.15, 0.2) is 5.70 Å². The van der Waals surface area contributed by atoms with Gasteiger partial charge in [0.25, 0.3) is 0 Å². The monoisotopic (exact) mass is 413 g/mol. The van der Waals surface area contributed by atoms with Crippen LogP contribution in [0.1, 0.15) is 11.1 Å². The molecular formula is C20H16BrNO4. The number of methoxy groups -OCH3 is 2. The van der Waals surface area contributed by atoms with Crippen LogP contribution in [0.2, 0.25) is 0 Å². The molecule has 6 heteroatoms.